The van der Waals surface area contributed by atoms with Crippen LogP contribution in [0, 0.1) is 5.92 Å². The first-order valence-corrected chi connectivity index (χ1v) is 7.66. The summed E-state index contributed by atoms with van der Waals surface area (Å²) in [5.41, 5.74) is 0. The first-order valence-electron chi connectivity index (χ1n) is 5.99. The van der Waals surface area contributed by atoms with Gasteiger partial charge < -0.3 is 10.6 Å². The van der Waals surface area contributed by atoms with E-state index >= 15 is 0 Å². The summed E-state index contributed by atoms with van der Waals surface area (Å²) >= 11 is 5.09. The van der Waals surface area contributed by atoms with Crippen molar-refractivity contribution in [2.75, 3.05) is 0 Å². The molecule has 0 aromatic carbocycles. The maximum Gasteiger partial charge on any atom is 0.225 e. The summed E-state index contributed by atoms with van der Waals surface area (Å²) in [6.45, 7) is 0.656. The maximum atomic E-state index is 12.1. The highest BCUT2D eigenvalue weighted by Gasteiger charge is 2.42. The summed E-state index contributed by atoms with van der Waals surface area (Å²) in [4.78, 5) is 13.3. The van der Waals surface area contributed by atoms with Crippen molar-refractivity contribution in [3.05, 3.63) is 20.8 Å². The van der Waals surface area contributed by atoms with E-state index in [2.05, 4.69) is 32.6 Å². The molecule has 3 rings (SSSR count). The van der Waals surface area contributed by atoms with Crippen LogP contribution in [0.15, 0.2) is 15.9 Å². The van der Waals surface area contributed by atoms with Crippen molar-refractivity contribution in [2.45, 2.75) is 37.9 Å². The smallest absolute Gasteiger partial charge is 0.225 e. The zero-order valence-electron chi connectivity index (χ0n) is 9.41. The fourth-order valence-corrected chi connectivity index (χ4v) is 4.26. The Hall–Kier alpha value is -0.390. The highest BCUT2D eigenvalue weighted by Crippen LogP contribution is 2.33. The normalized spacial score (nSPS) is 30.8. The Morgan fingerprint density at radius 3 is 3.06 bits per heavy atom. The van der Waals surface area contributed by atoms with E-state index in [-0.39, 0.29) is 11.8 Å². The quantitative estimate of drug-likeness (QED) is 0.898. The van der Waals surface area contributed by atoms with Crippen molar-refractivity contribution < 1.29 is 4.79 Å². The average Bonchev–Trinajstić information content (AvgIpc) is 3.01. The second kappa shape index (κ2) is 4.71. The van der Waals surface area contributed by atoms with Gasteiger partial charge in [0, 0.05) is 26.8 Å². The molecule has 1 amide bonds. The summed E-state index contributed by atoms with van der Waals surface area (Å²) < 4.78 is 1.09. The van der Waals surface area contributed by atoms with Crippen molar-refractivity contribution in [1.29, 1.82) is 0 Å². The predicted molar refractivity (Wildman–Crippen MR) is 71.9 cm³/mol. The molecule has 2 N–H and O–H groups in total. The number of carbonyl (C=O) groups is 1. The molecular formula is C12H15BrN2OS. The van der Waals surface area contributed by atoms with Crippen LogP contribution in [0.25, 0.3) is 0 Å². The topological polar surface area (TPSA) is 41.1 Å². The number of fused-ring (bicyclic) bond motifs is 2. The number of thiophene rings is 1. The highest BCUT2D eigenvalue weighted by atomic mass is 79.9. The van der Waals surface area contributed by atoms with Crippen molar-refractivity contribution in [2.24, 2.45) is 5.92 Å². The summed E-state index contributed by atoms with van der Waals surface area (Å²) in [5, 5.41) is 8.59. The minimum Gasteiger partial charge on any atom is -0.351 e. The van der Waals surface area contributed by atoms with E-state index in [0.717, 1.165) is 17.3 Å². The Bertz CT molecular complexity index is 434. The molecule has 0 aliphatic carbocycles. The lowest BCUT2D eigenvalue weighted by molar-refractivity contribution is -0.125. The Balaban J connectivity index is 1.54. The molecule has 2 saturated heterocycles. The molecule has 3 atom stereocenters. The molecule has 1 aromatic heterocycles. The fraction of sp³-hybridized carbons (Fsp3) is 0.583. The molecule has 0 saturated carbocycles. The van der Waals surface area contributed by atoms with Gasteiger partial charge in [0.2, 0.25) is 5.91 Å². The number of hydrogen-bond acceptors (Lipinski definition) is 3. The Kier molecular flexibility index (Phi) is 3.23. The molecular weight excluding hydrogens is 300 g/mol. The summed E-state index contributed by atoms with van der Waals surface area (Å²) in [5.74, 6) is 0.409. The van der Waals surface area contributed by atoms with Crippen molar-refractivity contribution in [3.8, 4) is 0 Å². The molecule has 0 radical (unpaired) electrons. The molecule has 5 heteroatoms. The van der Waals surface area contributed by atoms with Crippen LogP contribution in [0.5, 0.6) is 0 Å². The van der Waals surface area contributed by atoms with Crippen LogP contribution in [0.4, 0.5) is 0 Å². The number of carbonyl (C=O) groups excluding carboxylic acids is 1. The van der Waals surface area contributed by atoms with Gasteiger partial charge in [0.1, 0.15) is 0 Å². The zero-order valence-corrected chi connectivity index (χ0v) is 11.8. The maximum absolute atomic E-state index is 12.1. The molecule has 3 heterocycles. The van der Waals surface area contributed by atoms with Crippen LogP contribution in [0.1, 0.15) is 24.1 Å². The van der Waals surface area contributed by atoms with Crippen LogP contribution in [0.2, 0.25) is 0 Å². The molecule has 0 spiro atoms. The molecule has 3 unspecified atom stereocenters. The average molecular weight is 315 g/mol. The largest absolute Gasteiger partial charge is 0.351 e. The lowest BCUT2D eigenvalue weighted by atomic mass is 9.88. The van der Waals surface area contributed by atoms with Crippen molar-refractivity contribution in [1.82, 2.24) is 10.6 Å². The molecule has 17 heavy (non-hydrogen) atoms. The lowest BCUT2D eigenvalue weighted by Gasteiger charge is -2.19. The minimum absolute atomic E-state index is 0.192. The number of halogens is 1. The van der Waals surface area contributed by atoms with Crippen molar-refractivity contribution in [3.63, 3.8) is 0 Å². The molecule has 2 aliphatic heterocycles. The van der Waals surface area contributed by atoms with Gasteiger partial charge in [-0.1, -0.05) is 0 Å². The molecule has 2 aliphatic rings. The van der Waals surface area contributed by atoms with E-state index in [9.17, 15) is 4.79 Å². The number of hydrogen-bond donors (Lipinski definition) is 2. The van der Waals surface area contributed by atoms with Gasteiger partial charge in [0.15, 0.2) is 0 Å². The number of rotatable bonds is 3. The SMILES string of the molecule is O=C(NCc1cc(Br)cs1)C1CC2CCC1N2. The molecule has 1 aromatic rings. The van der Waals surface area contributed by atoms with Gasteiger partial charge in [-0.2, -0.15) is 0 Å². The molecule has 2 fully saturated rings. The van der Waals surface area contributed by atoms with Gasteiger partial charge >= 0.3 is 0 Å². The van der Waals surface area contributed by atoms with Crippen LogP contribution < -0.4 is 10.6 Å². The highest BCUT2D eigenvalue weighted by molar-refractivity contribution is 9.10. The predicted octanol–water partition coefficient (Wildman–Crippen LogP) is 2.27. The second-order valence-electron chi connectivity index (χ2n) is 4.84. The monoisotopic (exact) mass is 314 g/mol. The Morgan fingerprint density at radius 1 is 1.59 bits per heavy atom. The molecule has 3 nitrogen and oxygen atoms in total. The van der Waals surface area contributed by atoms with E-state index in [1.54, 1.807) is 11.3 Å². The van der Waals surface area contributed by atoms with Crippen LogP contribution in [-0.4, -0.2) is 18.0 Å². The second-order valence-corrected chi connectivity index (χ2v) is 6.75. The van der Waals surface area contributed by atoms with E-state index in [4.69, 9.17) is 0 Å². The van der Waals surface area contributed by atoms with Crippen molar-refractivity contribution >= 4 is 33.2 Å². The third-order valence-corrected chi connectivity index (χ3v) is 5.39. The van der Waals surface area contributed by atoms with E-state index < -0.39 is 0 Å². The van der Waals surface area contributed by atoms with Crippen LogP contribution in [-0.2, 0) is 11.3 Å². The first-order chi connectivity index (χ1) is 8.22. The summed E-state index contributed by atoms with van der Waals surface area (Å²) in [6.07, 6.45) is 3.42. The van der Waals surface area contributed by atoms with Gasteiger partial charge in [0.25, 0.3) is 0 Å². The van der Waals surface area contributed by atoms with Crippen LogP contribution >= 0.6 is 27.3 Å². The lowest BCUT2D eigenvalue weighted by Crippen LogP contribution is -2.37. The third-order valence-electron chi connectivity index (χ3n) is 3.70. The third kappa shape index (κ3) is 2.41. The molecule has 2 bridgehead atoms. The van der Waals surface area contributed by atoms with Gasteiger partial charge in [-0.3, -0.25) is 4.79 Å². The fourth-order valence-electron chi connectivity index (χ4n) is 2.87. The van der Waals surface area contributed by atoms with Gasteiger partial charge in [-0.15, -0.1) is 11.3 Å². The van der Waals surface area contributed by atoms with E-state index in [0.29, 0.717) is 18.6 Å². The summed E-state index contributed by atoms with van der Waals surface area (Å²) in [6, 6.07) is 3.07. The first kappa shape index (κ1) is 11.7. The van der Waals surface area contributed by atoms with Gasteiger partial charge in [-0.25, -0.2) is 0 Å². The minimum atomic E-state index is 0.192. The standard InChI is InChI=1S/C12H15BrN2OS/c13-7-3-9(17-6-7)5-14-12(16)10-4-8-1-2-11(10)15-8/h3,6,8,10-11,15H,1-2,4-5H2,(H,14,16). The Labute approximate surface area is 113 Å². The van der Waals surface area contributed by atoms with Gasteiger partial charge in [-0.05, 0) is 41.3 Å². The van der Waals surface area contributed by atoms with Gasteiger partial charge in [0.05, 0.1) is 12.5 Å². The Morgan fingerprint density at radius 2 is 2.47 bits per heavy atom. The number of amides is 1. The molecule has 92 valence electrons. The summed E-state index contributed by atoms with van der Waals surface area (Å²) in [7, 11) is 0. The number of nitrogens with one attached hydrogen (secondary N) is 2. The van der Waals surface area contributed by atoms with E-state index in [1.165, 1.54) is 11.3 Å². The van der Waals surface area contributed by atoms with Crippen LogP contribution in [0.3, 0.4) is 0 Å². The zero-order chi connectivity index (χ0) is 11.8. The van der Waals surface area contributed by atoms with E-state index in [1.807, 2.05) is 5.38 Å².